The Morgan fingerprint density at radius 1 is 1.11 bits per heavy atom. The van der Waals surface area contributed by atoms with Crippen molar-refractivity contribution in [1.82, 2.24) is 0 Å². The predicted molar refractivity (Wildman–Crippen MR) is 78.1 cm³/mol. The first-order valence-electron chi connectivity index (χ1n) is 5.97. The number of hydrogen-bond acceptors (Lipinski definition) is 2. The second-order valence-corrected chi connectivity index (χ2v) is 5.91. The lowest BCUT2D eigenvalue weighted by Crippen LogP contribution is -2.01. The normalized spacial score (nSPS) is 15.3. The van der Waals surface area contributed by atoms with E-state index in [1.807, 2.05) is 30.3 Å². The van der Waals surface area contributed by atoms with E-state index < -0.39 is 6.10 Å². The lowest BCUT2D eigenvalue weighted by molar-refractivity contribution is 0.134. The zero-order valence-corrected chi connectivity index (χ0v) is 12.4. The SMILES string of the molecule is OC(c1ccc2c(c1)COC2)c1cc(Br)ccc1Cl. The van der Waals surface area contributed by atoms with Crippen molar-refractivity contribution in [2.24, 2.45) is 0 Å². The summed E-state index contributed by atoms with van der Waals surface area (Å²) in [6.45, 7) is 1.27. The Kier molecular flexibility index (Phi) is 3.63. The second kappa shape index (κ2) is 5.25. The maximum atomic E-state index is 10.5. The van der Waals surface area contributed by atoms with Gasteiger partial charge in [0.2, 0.25) is 0 Å². The molecule has 0 radical (unpaired) electrons. The summed E-state index contributed by atoms with van der Waals surface area (Å²) in [7, 11) is 0. The van der Waals surface area contributed by atoms with Gasteiger partial charge in [0.15, 0.2) is 0 Å². The molecule has 0 aliphatic carbocycles. The third-order valence-electron chi connectivity index (χ3n) is 3.31. The predicted octanol–water partition coefficient (Wildman–Crippen LogP) is 4.21. The topological polar surface area (TPSA) is 29.5 Å². The molecule has 0 saturated heterocycles. The third kappa shape index (κ3) is 2.56. The van der Waals surface area contributed by atoms with Crippen molar-refractivity contribution in [3.8, 4) is 0 Å². The molecular weight excluding hydrogens is 328 g/mol. The maximum Gasteiger partial charge on any atom is 0.106 e. The first-order valence-corrected chi connectivity index (χ1v) is 7.15. The summed E-state index contributed by atoms with van der Waals surface area (Å²) >= 11 is 9.55. The summed E-state index contributed by atoms with van der Waals surface area (Å²) in [4.78, 5) is 0. The quantitative estimate of drug-likeness (QED) is 0.888. The third-order valence-corrected chi connectivity index (χ3v) is 4.15. The van der Waals surface area contributed by atoms with Gasteiger partial charge in [-0.1, -0.05) is 45.7 Å². The lowest BCUT2D eigenvalue weighted by atomic mass is 9.98. The van der Waals surface area contributed by atoms with Gasteiger partial charge in [0.05, 0.1) is 13.2 Å². The van der Waals surface area contributed by atoms with E-state index >= 15 is 0 Å². The van der Waals surface area contributed by atoms with Crippen LogP contribution in [0.5, 0.6) is 0 Å². The van der Waals surface area contributed by atoms with Crippen LogP contribution in [0.1, 0.15) is 28.4 Å². The first kappa shape index (κ1) is 13.1. The Hall–Kier alpha value is -0.870. The fourth-order valence-corrected chi connectivity index (χ4v) is 2.87. The van der Waals surface area contributed by atoms with Crippen molar-refractivity contribution in [1.29, 1.82) is 0 Å². The van der Waals surface area contributed by atoms with E-state index in [1.165, 1.54) is 5.56 Å². The van der Waals surface area contributed by atoms with Crippen molar-refractivity contribution in [2.75, 3.05) is 0 Å². The summed E-state index contributed by atoms with van der Waals surface area (Å²) in [5, 5.41) is 11.0. The van der Waals surface area contributed by atoms with Crippen molar-refractivity contribution in [2.45, 2.75) is 19.3 Å². The smallest absolute Gasteiger partial charge is 0.106 e. The van der Waals surface area contributed by atoms with Gasteiger partial charge in [-0.3, -0.25) is 0 Å². The average molecular weight is 340 g/mol. The Morgan fingerprint density at radius 2 is 1.89 bits per heavy atom. The average Bonchev–Trinajstić information content (AvgIpc) is 2.88. The van der Waals surface area contributed by atoms with Crippen LogP contribution in [0.2, 0.25) is 5.02 Å². The van der Waals surface area contributed by atoms with Crippen LogP contribution in [0.4, 0.5) is 0 Å². The fourth-order valence-electron chi connectivity index (χ4n) is 2.27. The molecular formula is C15H12BrClO2. The molecule has 0 saturated carbocycles. The second-order valence-electron chi connectivity index (χ2n) is 4.59. The Morgan fingerprint density at radius 3 is 2.74 bits per heavy atom. The van der Waals surface area contributed by atoms with Crippen molar-refractivity contribution < 1.29 is 9.84 Å². The van der Waals surface area contributed by atoms with Crippen molar-refractivity contribution >= 4 is 27.5 Å². The molecule has 0 aromatic heterocycles. The molecule has 1 aliphatic rings. The molecule has 1 aliphatic heterocycles. The number of aliphatic hydroxyl groups excluding tert-OH is 1. The highest BCUT2D eigenvalue weighted by molar-refractivity contribution is 9.10. The zero-order chi connectivity index (χ0) is 13.4. The van der Waals surface area contributed by atoms with Crippen LogP contribution in [0.15, 0.2) is 40.9 Å². The van der Waals surface area contributed by atoms with E-state index in [0.717, 1.165) is 15.6 Å². The van der Waals surface area contributed by atoms with Crippen LogP contribution in [-0.2, 0) is 18.0 Å². The van der Waals surface area contributed by atoms with Crippen LogP contribution >= 0.6 is 27.5 Å². The van der Waals surface area contributed by atoms with Gasteiger partial charge in [-0.25, -0.2) is 0 Å². The highest BCUT2D eigenvalue weighted by Crippen LogP contribution is 2.32. The van der Waals surface area contributed by atoms with Crippen LogP contribution in [0, 0.1) is 0 Å². The number of fused-ring (bicyclic) bond motifs is 1. The molecule has 1 atom stereocenters. The number of aliphatic hydroxyl groups is 1. The van der Waals surface area contributed by atoms with E-state index in [0.29, 0.717) is 23.8 Å². The fraction of sp³-hybridized carbons (Fsp3) is 0.200. The van der Waals surface area contributed by atoms with Crippen LogP contribution in [-0.4, -0.2) is 5.11 Å². The zero-order valence-electron chi connectivity index (χ0n) is 10.1. The van der Waals surface area contributed by atoms with E-state index in [-0.39, 0.29) is 0 Å². The summed E-state index contributed by atoms with van der Waals surface area (Å²) < 4.78 is 6.28. The number of benzene rings is 2. The van der Waals surface area contributed by atoms with Crippen LogP contribution in [0.3, 0.4) is 0 Å². The summed E-state index contributed by atoms with van der Waals surface area (Å²) in [6.07, 6.45) is -0.726. The van der Waals surface area contributed by atoms with Gasteiger partial charge in [-0.05, 0) is 34.9 Å². The Bertz CT molecular complexity index is 628. The lowest BCUT2D eigenvalue weighted by Gasteiger charge is -2.14. The number of hydrogen-bond donors (Lipinski definition) is 1. The molecule has 2 nitrogen and oxygen atoms in total. The Balaban J connectivity index is 1.99. The minimum Gasteiger partial charge on any atom is -0.384 e. The molecule has 1 N–H and O–H groups in total. The summed E-state index contributed by atoms with van der Waals surface area (Å²) in [5.74, 6) is 0. The molecule has 4 heteroatoms. The van der Waals surface area contributed by atoms with E-state index in [2.05, 4.69) is 15.9 Å². The van der Waals surface area contributed by atoms with Gasteiger partial charge in [-0.15, -0.1) is 0 Å². The monoisotopic (exact) mass is 338 g/mol. The Labute approximate surface area is 125 Å². The van der Waals surface area contributed by atoms with Crippen molar-refractivity contribution in [3.05, 3.63) is 68.1 Å². The van der Waals surface area contributed by atoms with Crippen LogP contribution in [0.25, 0.3) is 0 Å². The standard InChI is InChI=1S/C15H12BrClO2/c16-12-3-4-14(17)13(6-12)15(18)9-1-2-10-7-19-8-11(10)5-9/h1-6,15,18H,7-8H2. The number of halogens is 2. The minimum absolute atomic E-state index is 0.562. The van der Waals surface area contributed by atoms with Gasteiger partial charge in [0, 0.05) is 15.1 Å². The summed E-state index contributed by atoms with van der Waals surface area (Å²) in [5.41, 5.74) is 3.87. The van der Waals surface area contributed by atoms with E-state index in [9.17, 15) is 5.11 Å². The van der Waals surface area contributed by atoms with Gasteiger partial charge in [0.25, 0.3) is 0 Å². The largest absolute Gasteiger partial charge is 0.384 e. The summed E-state index contributed by atoms with van der Waals surface area (Å²) in [6, 6.07) is 11.4. The number of ether oxygens (including phenoxy) is 1. The molecule has 1 unspecified atom stereocenters. The molecule has 0 amide bonds. The van der Waals surface area contributed by atoms with Gasteiger partial charge in [0.1, 0.15) is 6.10 Å². The van der Waals surface area contributed by atoms with Crippen molar-refractivity contribution in [3.63, 3.8) is 0 Å². The van der Waals surface area contributed by atoms with Gasteiger partial charge in [-0.2, -0.15) is 0 Å². The van der Waals surface area contributed by atoms with Crippen LogP contribution < -0.4 is 0 Å². The van der Waals surface area contributed by atoms with Gasteiger partial charge < -0.3 is 9.84 Å². The van der Waals surface area contributed by atoms with E-state index in [1.54, 1.807) is 6.07 Å². The molecule has 3 rings (SSSR count). The number of rotatable bonds is 2. The molecule has 98 valence electrons. The van der Waals surface area contributed by atoms with Gasteiger partial charge >= 0.3 is 0 Å². The molecule has 0 spiro atoms. The molecule has 2 aromatic rings. The highest BCUT2D eigenvalue weighted by Gasteiger charge is 2.18. The minimum atomic E-state index is -0.726. The van der Waals surface area contributed by atoms with E-state index in [4.69, 9.17) is 16.3 Å². The maximum absolute atomic E-state index is 10.5. The molecule has 1 heterocycles. The molecule has 2 aromatic carbocycles. The molecule has 0 fully saturated rings. The first-order chi connectivity index (χ1) is 9.15. The highest BCUT2D eigenvalue weighted by atomic mass is 79.9. The molecule has 19 heavy (non-hydrogen) atoms. The molecule has 0 bridgehead atoms.